The van der Waals surface area contributed by atoms with Crippen molar-refractivity contribution >= 4 is 15.9 Å². The number of pyridine rings is 1. The van der Waals surface area contributed by atoms with Gasteiger partial charge in [-0.2, -0.15) is 0 Å². The maximum Gasteiger partial charge on any atom is 0.159 e. The van der Waals surface area contributed by atoms with Crippen molar-refractivity contribution in [2.45, 2.75) is 31.7 Å². The monoisotopic (exact) mass is 303 g/mol. The van der Waals surface area contributed by atoms with Crippen LogP contribution in [-0.4, -0.2) is 36.2 Å². The summed E-state index contributed by atoms with van der Waals surface area (Å²) in [6.45, 7) is 1.75. The number of rotatable bonds is 6. The minimum absolute atomic E-state index is 0.401. The fourth-order valence-electron chi connectivity index (χ4n) is 1.60. The number of hydrogen-bond donors (Lipinski definition) is 1. The van der Waals surface area contributed by atoms with E-state index in [0.29, 0.717) is 12.8 Å². The van der Waals surface area contributed by atoms with Crippen LogP contribution in [0.4, 0.5) is 0 Å². The lowest BCUT2D eigenvalue weighted by Gasteiger charge is -2.26. The van der Waals surface area contributed by atoms with E-state index in [1.54, 1.807) is 27.3 Å². The second-order valence-corrected chi connectivity index (χ2v) is 5.16. The molecule has 0 amide bonds. The first-order chi connectivity index (χ1) is 7.96. The van der Waals surface area contributed by atoms with Crippen molar-refractivity contribution in [1.29, 1.82) is 0 Å². The first-order valence-corrected chi connectivity index (χ1v) is 6.14. The molecular weight excluding hydrogens is 286 g/mol. The molecule has 0 spiro atoms. The Morgan fingerprint density at radius 1 is 1.41 bits per heavy atom. The highest BCUT2D eigenvalue weighted by molar-refractivity contribution is 9.10. The van der Waals surface area contributed by atoms with Gasteiger partial charge >= 0.3 is 0 Å². The van der Waals surface area contributed by atoms with Gasteiger partial charge in [0.1, 0.15) is 0 Å². The van der Waals surface area contributed by atoms with Crippen molar-refractivity contribution in [2.75, 3.05) is 14.2 Å². The lowest BCUT2D eigenvalue weighted by atomic mass is 9.95. The van der Waals surface area contributed by atoms with Crippen LogP contribution in [0.2, 0.25) is 0 Å². The number of methoxy groups -OCH3 is 2. The molecule has 0 saturated heterocycles. The normalized spacial score (nSPS) is 14.9. The van der Waals surface area contributed by atoms with Crippen LogP contribution in [0.3, 0.4) is 0 Å². The SMILES string of the molecule is COC(CC(C)(O)Cc1ccc(Br)cn1)OC. The number of hydrogen-bond acceptors (Lipinski definition) is 4. The maximum absolute atomic E-state index is 10.3. The van der Waals surface area contributed by atoms with Gasteiger partial charge in [0.15, 0.2) is 6.29 Å². The summed E-state index contributed by atoms with van der Waals surface area (Å²) in [5.41, 5.74) is -0.0681. The van der Waals surface area contributed by atoms with Crippen LogP contribution >= 0.6 is 15.9 Å². The van der Waals surface area contributed by atoms with E-state index in [-0.39, 0.29) is 0 Å². The zero-order chi connectivity index (χ0) is 12.9. The minimum Gasteiger partial charge on any atom is -0.390 e. The average Bonchev–Trinajstić information content (AvgIpc) is 2.29. The number of aliphatic hydroxyl groups is 1. The van der Waals surface area contributed by atoms with Crippen LogP contribution in [0.1, 0.15) is 19.0 Å². The third kappa shape index (κ3) is 5.12. The highest BCUT2D eigenvalue weighted by Gasteiger charge is 2.26. The van der Waals surface area contributed by atoms with Crippen LogP contribution in [0, 0.1) is 0 Å². The van der Waals surface area contributed by atoms with Crippen molar-refractivity contribution < 1.29 is 14.6 Å². The Balaban J connectivity index is 2.62. The van der Waals surface area contributed by atoms with Gasteiger partial charge in [-0.3, -0.25) is 4.98 Å². The molecule has 0 fully saturated rings. The van der Waals surface area contributed by atoms with Crippen molar-refractivity contribution in [3.63, 3.8) is 0 Å². The van der Waals surface area contributed by atoms with E-state index >= 15 is 0 Å². The Labute approximate surface area is 110 Å². The summed E-state index contributed by atoms with van der Waals surface area (Å²) in [6.07, 6.45) is 2.18. The lowest BCUT2D eigenvalue weighted by Crippen LogP contribution is -2.34. The topological polar surface area (TPSA) is 51.6 Å². The minimum atomic E-state index is -0.905. The van der Waals surface area contributed by atoms with Gasteiger partial charge in [-0.25, -0.2) is 0 Å². The van der Waals surface area contributed by atoms with Gasteiger partial charge in [-0.05, 0) is 35.0 Å². The van der Waals surface area contributed by atoms with E-state index in [0.717, 1.165) is 10.2 Å². The predicted octanol–water partition coefficient (Wildman–Crippen LogP) is 2.15. The third-order valence-electron chi connectivity index (χ3n) is 2.48. The number of nitrogens with zero attached hydrogens (tertiary/aromatic N) is 1. The van der Waals surface area contributed by atoms with Crippen LogP contribution in [0.5, 0.6) is 0 Å². The highest BCUT2D eigenvalue weighted by atomic mass is 79.9. The van der Waals surface area contributed by atoms with Crippen LogP contribution < -0.4 is 0 Å². The molecule has 1 aromatic heterocycles. The zero-order valence-corrected chi connectivity index (χ0v) is 11.9. The number of aromatic nitrogens is 1. The first kappa shape index (κ1) is 14.6. The standard InChI is InChI=1S/C12H18BrNO3/c1-12(15,7-11(16-2)17-3)6-10-5-4-9(13)8-14-10/h4-5,8,11,15H,6-7H2,1-3H3. The van der Waals surface area contributed by atoms with Crippen molar-refractivity contribution in [1.82, 2.24) is 4.98 Å². The Morgan fingerprint density at radius 2 is 2.06 bits per heavy atom. The van der Waals surface area contributed by atoms with Gasteiger partial charge in [-0.1, -0.05) is 0 Å². The van der Waals surface area contributed by atoms with Gasteiger partial charge in [0.05, 0.1) is 5.60 Å². The fourth-order valence-corrected chi connectivity index (χ4v) is 1.83. The molecule has 0 radical (unpaired) electrons. The third-order valence-corrected chi connectivity index (χ3v) is 2.95. The van der Waals surface area contributed by atoms with Gasteiger partial charge in [0.25, 0.3) is 0 Å². The quantitative estimate of drug-likeness (QED) is 0.818. The van der Waals surface area contributed by atoms with E-state index in [1.807, 2.05) is 12.1 Å². The maximum atomic E-state index is 10.3. The lowest BCUT2D eigenvalue weighted by molar-refractivity contribution is -0.139. The molecule has 0 aliphatic rings. The molecule has 0 aromatic carbocycles. The number of ether oxygens (including phenoxy) is 2. The van der Waals surface area contributed by atoms with E-state index in [2.05, 4.69) is 20.9 Å². The summed E-state index contributed by atoms with van der Waals surface area (Å²) in [5, 5.41) is 10.3. The van der Waals surface area contributed by atoms with Gasteiger partial charge in [0.2, 0.25) is 0 Å². The Hall–Kier alpha value is -0.490. The van der Waals surface area contributed by atoms with Gasteiger partial charge in [0, 0.05) is 43.4 Å². The van der Waals surface area contributed by atoms with Crippen molar-refractivity contribution in [3.05, 3.63) is 28.5 Å². The fraction of sp³-hybridized carbons (Fsp3) is 0.583. The van der Waals surface area contributed by atoms with Crippen LogP contribution in [0.15, 0.2) is 22.8 Å². The molecule has 5 heteroatoms. The molecule has 1 aromatic rings. The predicted molar refractivity (Wildman–Crippen MR) is 68.7 cm³/mol. The van der Waals surface area contributed by atoms with Gasteiger partial charge < -0.3 is 14.6 Å². The largest absolute Gasteiger partial charge is 0.390 e. The van der Waals surface area contributed by atoms with E-state index < -0.39 is 11.9 Å². The molecule has 0 saturated carbocycles. The molecule has 0 bridgehead atoms. The molecule has 1 rings (SSSR count). The zero-order valence-electron chi connectivity index (χ0n) is 10.3. The van der Waals surface area contributed by atoms with Gasteiger partial charge in [-0.15, -0.1) is 0 Å². The van der Waals surface area contributed by atoms with E-state index in [4.69, 9.17) is 9.47 Å². The Kier molecular flexibility index (Phi) is 5.52. The summed E-state index contributed by atoms with van der Waals surface area (Å²) in [6, 6.07) is 3.79. The molecule has 4 nitrogen and oxygen atoms in total. The molecule has 1 unspecified atom stereocenters. The van der Waals surface area contributed by atoms with Crippen LogP contribution in [-0.2, 0) is 15.9 Å². The van der Waals surface area contributed by atoms with Crippen molar-refractivity contribution in [2.24, 2.45) is 0 Å². The Morgan fingerprint density at radius 3 is 2.53 bits per heavy atom. The van der Waals surface area contributed by atoms with E-state index in [1.165, 1.54) is 0 Å². The summed E-state index contributed by atoms with van der Waals surface area (Å²) in [5.74, 6) is 0. The first-order valence-electron chi connectivity index (χ1n) is 5.35. The molecule has 0 aliphatic heterocycles. The van der Waals surface area contributed by atoms with Crippen molar-refractivity contribution in [3.8, 4) is 0 Å². The summed E-state index contributed by atoms with van der Waals surface area (Å²) in [4.78, 5) is 4.23. The number of halogens is 1. The molecule has 96 valence electrons. The smallest absolute Gasteiger partial charge is 0.159 e. The second kappa shape index (κ2) is 6.44. The summed E-state index contributed by atoms with van der Waals surface area (Å²) in [7, 11) is 3.12. The molecular formula is C12H18BrNO3. The molecule has 1 heterocycles. The van der Waals surface area contributed by atoms with Crippen LogP contribution in [0.25, 0.3) is 0 Å². The molecule has 0 aliphatic carbocycles. The summed E-state index contributed by atoms with van der Waals surface area (Å²) >= 11 is 3.32. The molecule has 17 heavy (non-hydrogen) atoms. The molecule has 1 N–H and O–H groups in total. The summed E-state index contributed by atoms with van der Waals surface area (Å²) < 4.78 is 11.1. The Bertz CT molecular complexity index is 336. The molecule has 1 atom stereocenters. The second-order valence-electron chi connectivity index (χ2n) is 4.25. The highest BCUT2D eigenvalue weighted by Crippen LogP contribution is 2.20. The average molecular weight is 304 g/mol. The van der Waals surface area contributed by atoms with E-state index in [9.17, 15) is 5.11 Å².